The zero-order valence-corrected chi connectivity index (χ0v) is 8.64. The first-order valence-electron chi connectivity index (χ1n) is 3.68. The van der Waals surface area contributed by atoms with Gasteiger partial charge < -0.3 is 5.73 Å². The lowest BCUT2D eigenvalue weighted by atomic mass is 10.0. The van der Waals surface area contributed by atoms with Gasteiger partial charge in [0.15, 0.2) is 5.78 Å². The van der Waals surface area contributed by atoms with Crippen LogP contribution in [0.15, 0.2) is 12.1 Å². The molecule has 5 heteroatoms. The number of rotatable bonds is 2. The fraction of sp³-hybridized carbons (Fsp3) is 0.111. The molecule has 1 aromatic rings. The first kappa shape index (κ1) is 10.7. The molecular weight excluding hydrogens is 251 g/mol. The zero-order valence-electron chi connectivity index (χ0n) is 7.05. The lowest BCUT2D eigenvalue weighted by molar-refractivity contribution is 0.102. The van der Waals surface area contributed by atoms with Gasteiger partial charge in [0.2, 0.25) is 0 Å². The average molecular weight is 257 g/mol. The first-order chi connectivity index (χ1) is 6.60. The number of nitrogens with zero attached hydrogens (tertiary/aromatic N) is 1. The predicted octanol–water partition coefficient (Wildman–Crippen LogP) is 1.86. The molecule has 0 aromatic heterocycles. The minimum absolute atomic E-state index is 0.0467. The molecule has 0 spiro atoms. The monoisotopic (exact) mass is 256 g/mol. The van der Waals surface area contributed by atoms with Crippen molar-refractivity contribution >= 4 is 27.4 Å². The number of ketones is 1. The molecule has 3 nitrogen and oxygen atoms in total. The summed E-state index contributed by atoms with van der Waals surface area (Å²) in [4.78, 5) is 11.3. The fourth-order valence-corrected chi connectivity index (χ4v) is 1.29. The highest BCUT2D eigenvalue weighted by Gasteiger charge is 2.13. The maximum atomic E-state index is 13.0. The predicted molar refractivity (Wildman–Crippen MR) is 53.7 cm³/mol. The third-order valence-electron chi connectivity index (χ3n) is 1.68. The molecule has 0 aliphatic carbocycles. The third kappa shape index (κ3) is 1.91. The van der Waals surface area contributed by atoms with E-state index in [2.05, 4.69) is 15.9 Å². The summed E-state index contributed by atoms with van der Waals surface area (Å²) in [6.45, 7) is 0. The molecule has 0 fully saturated rings. The normalized spacial score (nSPS) is 9.50. The van der Waals surface area contributed by atoms with Crippen LogP contribution in [0.4, 0.5) is 10.1 Å². The van der Waals surface area contributed by atoms with Crippen LogP contribution in [0.25, 0.3) is 0 Å². The molecule has 72 valence electrons. The second-order valence-electron chi connectivity index (χ2n) is 2.59. The summed E-state index contributed by atoms with van der Waals surface area (Å²) in [5.41, 5.74) is 5.27. The molecule has 0 heterocycles. The van der Waals surface area contributed by atoms with Crippen LogP contribution in [0, 0.1) is 17.1 Å². The maximum Gasteiger partial charge on any atom is 0.174 e. The Morgan fingerprint density at radius 3 is 2.79 bits per heavy atom. The van der Waals surface area contributed by atoms with E-state index >= 15 is 0 Å². The standard InChI is InChI=1S/C9H6BrFN2O/c10-3-9(14)6-2-7(11)8(13)1-5(6)4-12/h1-2H,3,13H2. The SMILES string of the molecule is N#Cc1cc(N)c(F)cc1C(=O)CBr. The van der Waals surface area contributed by atoms with Gasteiger partial charge in [0.25, 0.3) is 0 Å². The van der Waals surface area contributed by atoms with Gasteiger partial charge in [0.05, 0.1) is 22.7 Å². The lowest BCUT2D eigenvalue weighted by Gasteiger charge is -2.03. The summed E-state index contributed by atoms with van der Waals surface area (Å²) in [5, 5.41) is 8.73. The number of carbonyl (C=O) groups excluding carboxylic acids is 1. The molecule has 0 unspecified atom stereocenters. The number of Topliss-reactive ketones (excluding diaryl/α,β-unsaturated/α-hetero) is 1. The number of halogens is 2. The van der Waals surface area contributed by atoms with Crippen molar-refractivity contribution in [1.29, 1.82) is 5.26 Å². The van der Waals surface area contributed by atoms with Crippen molar-refractivity contribution in [2.24, 2.45) is 0 Å². The van der Waals surface area contributed by atoms with Crippen LogP contribution in [0.2, 0.25) is 0 Å². The summed E-state index contributed by atoms with van der Waals surface area (Å²) < 4.78 is 13.0. The van der Waals surface area contributed by atoms with Crippen molar-refractivity contribution in [3.63, 3.8) is 0 Å². The minimum atomic E-state index is -0.687. The molecule has 0 atom stereocenters. The number of carbonyl (C=O) groups is 1. The van der Waals surface area contributed by atoms with Crippen molar-refractivity contribution in [2.75, 3.05) is 11.1 Å². The van der Waals surface area contributed by atoms with Crippen molar-refractivity contribution in [3.8, 4) is 6.07 Å². The molecule has 0 aliphatic heterocycles. The van der Waals surface area contributed by atoms with Crippen LogP contribution >= 0.6 is 15.9 Å². The number of nitrogens with two attached hydrogens (primary N) is 1. The molecule has 0 aliphatic rings. The fourth-order valence-electron chi connectivity index (χ4n) is 0.985. The Bertz CT molecular complexity index is 426. The van der Waals surface area contributed by atoms with Gasteiger partial charge in [0, 0.05) is 5.56 Å². The molecule has 0 radical (unpaired) electrons. The van der Waals surface area contributed by atoms with E-state index in [1.165, 1.54) is 0 Å². The number of benzene rings is 1. The molecule has 1 aromatic carbocycles. The highest BCUT2D eigenvalue weighted by Crippen LogP contribution is 2.18. The van der Waals surface area contributed by atoms with E-state index in [4.69, 9.17) is 11.0 Å². The van der Waals surface area contributed by atoms with E-state index in [-0.39, 0.29) is 27.9 Å². The molecular formula is C9H6BrFN2O. The second-order valence-corrected chi connectivity index (χ2v) is 3.15. The molecule has 2 N–H and O–H groups in total. The topological polar surface area (TPSA) is 66.9 Å². The van der Waals surface area contributed by atoms with Gasteiger partial charge in [-0.3, -0.25) is 4.79 Å². The van der Waals surface area contributed by atoms with E-state index in [1.807, 2.05) is 0 Å². The second kappa shape index (κ2) is 4.20. The van der Waals surface area contributed by atoms with E-state index < -0.39 is 5.82 Å². The van der Waals surface area contributed by atoms with Gasteiger partial charge in [-0.2, -0.15) is 5.26 Å². The Labute approximate surface area is 88.5 Å². The van der Waals surface area contributed by atoms with E-state index in [1.54, 1.807) is 6.07 Å². The van der Waals surface area contributed by atoms with Crippen LogP contribution in [0.5, 0.6) is 0 Å². The van der Waals surface area contributed by atoms with Gasteiger partial charge in [0.1, 0.15) is 5.82 Å². The van der Waals surface area contributed by atoms with Crippen LogP contribution in [-0.4, -0.2) is 11.1 Å². The smallest absolute Gasteiger partial charge is 0.174 e. The van der Waals surface area contributed by atoms with Crippen LogP contribution < -0.4 is 5.73 Å². The van der Waals surface area contributed by atoms with Gasteiger partial charge in [-0.1, -0.05) is 15.9 Å². The van der Waals surface area contributed by atoms with Crippen molar-refractivity contribution in [1.82, 2.24) is 0 Å². The van der Waals surface area contributed by atoms with Crippen LogP contribution in [0.3, 0.4) is 0 Å². The van der Waals surface area contributed by atoms with Crippen molar-refractivity contribution < 1.29 is 9.18 Å². The van der Waals surface area contributed by atoms with E-state index in [0.29, 0.717) is 0 Å². The lowest BCUT2D eigenvalue weighted by Crippen LogP contribution is -2.05. The summed E-state index contributed by atoms with van der Waals surface area (Å²) in [6, 6.07) is 3.93. The molecule has 0 bridgehead atoms. The number of nitriles is 1. The molecule has 0 amide bonds. The van der Waals surface area contributed by atoms with Crippen molar-refractivity contribution in [3.05, 3.63) is 29.1 Å². The zero-order chi connectivity index (χ0) is 10.7. The minimum Gasteiger partial charge on any atom is -0.396 e. The summed E-state index contributed by atoms with van der Waals surface area (Å²) in [5.74, 6) is -1.03. The highest BCUT2D eigenvalue weighted by atomic mass is 79.9. The quantitative estimate of drug-likeness (QED) is 0.499. The highest BCUT2D eigenvalue weighted by molar-refractivity contribution is 9.09. The number of hydrogen-bond acceptors (Lipinski definition) is 3. The van der Waals surface area contributed by atoms with Gasteiger partial charge in [-0.25, -0.2) is 4.39 Å². The van der Waals surface area contributed by atoms with E-state index in [9.17, 15) is 9.18 Å². The van der Waals surface area contributed by atoms with Crippen LogP contribution in [-0.2, 0) is 0 Å². The largest absolute Gasteiger partial charge is 0.396 e. The van der Waals surface area contributed by atoms with Crippen LogP contribution in [0.1, 0.15) is 15.9 Å². The number of anilines is 1. The average Bonchev–Trinajstić information content (AvgIpc) is 2.20. The van der Waals surface area contributed by atoms with Gasteiger partial charge in [-0.05, 0) is 12.1 Å². The molecule has 14 heavy (non-hydrogen) atoms. The summed E-state index contributed by atoms with van der Waals surface area (Å²) in [6.07, 6.45) is 0. The maximum absolute atomic E-state index is 13.0. The Kier molecular flexibility index (Phi) is 3.20. The van der Waals surface area contributed by atoms with E-state index in [0.717, 1.165) is 12.1 Å². The third-order valence-corrected chi connectivity index (χ3v) is 2.19. The van der Waals surface area contributed by atoms with Gasteiger partial charge in [-0.15, -0.1) is 0 Å². The molecule has 1 rings (SSSR count). The Hall–Kier alpha value is -1.41. The molecule has 0 saturated heterocycles. The number of hydrogen-bond donors (Lipinski definition) is 1. The summed E-state index contributed by atoms with van der Waals surface area (Å²) >= 11 is 2.95. The Morgan fingerprint density at radius 2 is 2.29 bits per heavy atom. The summed E-state index contributed by atoms with van der Waals surface area (Å²) in [7, 11) is 0. The Morgan fingerprint density at radius 1 is 1.64 bits per heavy atom. The molecule has 0 saturated carbocycles. The number of nitrogen functional groups attached to an aromatic ring is 1. The first-order valence-corrected chi connectivity index (χ1v) is 4.80. The Balaban J connectivity index is 3.36. The number of alkyl halides is 1. The van der Waals surface area contributed by atoms with Crippen molar-refractivity contribution in [2.45, 2.75) is 0 Å². The van der Waals surface area contributed by atoms with Gasteiger partial charge >= 0.3 is 0 Å².